The lowest BCUT2D eigenvalue weighted by Gasteiger charge is -2.36. The lowest BCUT2D eigenvalue weighted by atomic mass is 10.0. The Kier molecular flexibility index (Phi) is 7.84. The van der Waals surface area contributed by atoms with E-state index in [2.05, 4.69) is 5.32 Å². The number of hydrogen-bond donors (Lipinski definition) is 1. The van der Waals surface area contributed by atoms with Gasteiger partial charge in [0.2, 0.25) is 21.8 Å². The predicted molar refractivity (Wildman–Crippen MR) is 123 cm³/mol. The van der Waals surface area contributed by atoms with E-state index in [9.17, 15) is 23.3 Å². The van der Waals surface area contributed by atoms with Gasteiger partial charge in [-0.3, -0.25) is 9.59 Å². The van der Waals surface area contributed by atoms with E-state index in [1.807, 2.05) is 26.0 Å². The number of nitrogens with zero attached hydrogens (tertiary/aromatic N) is 3. The van der Waals surface area contributed by atoms with Crippen LogP contribution in [0.2, 0.25) is 0 Å². The minimum atomic E-state index is -3.86. The molecule has 1 saturated heterocycles. The van der Waals surface area contributed by atoms with Crippen LogP contribution in [0.4, 0.5) is 0 Å². The van der Waals surface area contributed by atoms with Gasteiger partial charge in [-0.25, -0.2) is 8.42 Å². The molecule has 174 valence electrons. The Morgan fingerprint density at radius 1 is 1.00 bits per heavy atom. The summed E-state index contributed by atoms with van der Waals surface area (Å²) in [4.78, 5) is 27.3. The van der Waals surface area contributed by atoms with Crippen LogP contribution in [0.15, 0.2) is 59.5 Å². The van der Waals surface area contributed by atoms with E-state index in [0.717, 1.165) is 0 Å². The summed E-state index contributed by atoms with van der Waals surface area (Å²) in [6.45, 7) is 4.46. The lowest BCUT2D eigenvalue weighted by molar-refractivity contribution is -0.137. The van der Waals surface area contributed by atoms with Crippen molar-refractivity contribution >= 4 is 21.8 Å². The quantitative estimate of drug-likeness (QED) is 0.670. The van der Waals surface area contributed by atoms with Gasteiger partial charge in [-0.05, 0) is 23.6 Å². The van der Waals surface area contributed by atoms with Crippen molar-refractivity contribution in [1.82, 2.24) is 14.5 Å². The van der Waals surface area contributed by atoms with Gasteiger partial charge in [0.25, 0.3) is 0 Å². The third kappa shape index (κ3) is 5.78. The van der Waals surface area contributed by atoms with Crippen LogP contribution >= 0.6 is 0 Å². The SMILES string of the molecule is CC(C)CC(=O)NC(C(=O)N1CCN(S(=O)(=O)c2ccccc2C#N)CC1)c1ccccc1. The van der Waals surface area contributed by atoms with Gasteiger partial charge < -0.3 is 10.2 Å². The fourth-order valence-corrected chi connectivity index (χ4v) is 5.34. The van der Waals surface area contributed by atoms with E-state index in [4.69, 9.17) is 0 Å². The van der Waals surface area contributed by atoms with Crippen molar-refractivity contribution in [2.75, 3.05) is 26.2 Å². The zero-order valence-corrected chi connectivity index (χ0v) is 19.6. The number of carbonyl (C=O) groups excluding carboxylic acids is 2. The van der Waals surface area contributed by atoms with Crippen molar-refractivity contribution in [3.05, 3.63) is 65.7 Å². The average Bonchev–Trinajstić information content (AvgIpc) is 2.82. The largest absolute Gasteiger partial charge is 0.341 e. The van der Waals surface area contributed by atoms with E-state index >= 15 is 0 Å². The number of rotatable bonds is 7. The van der Waals surface area contributed by atoms with E-state index < -0.39 is 16.1 Å². The molecule has 33 heavy (non-hydrogen) atoms. The van der Waals surface area contributed by atoms with Crippen LogP contribution in [0, 0.1) is 17.2 Å². The molecule has 1 heterocycles. The van der Waals surface area contributed by atoms with Crippen molar-refractivity contribution in [3.63, 3.8) is 0 Å². The van der Waals surface area contributed by atoms with Crippen LogP contribution in [0.3, 0.4) is 0 Å². The maximum Gasteiger partial charge on any atom is 0.249 e. The highest BCUT2D eigenvalue weighted by atomic mass is 32.2. The fourth-order valence-electron chi connectivity index (χ4n) is 3.78. The highest BCUT2D eigenvalue weighted by Gasteiger charge is 2.34. The van der Waals surface area contributed by atoms with Crippen molar-refractivity contribution in [2.45, 2.75) is 31.2 Å². The van der Waals surface area contributed by atoms with Gasteiger partial charge in [-0.15, -0.1) is 0 Å². The Hall–Kier alpha value is -3.22. The number of hydrogen-bond acceptors (Lipinski definition) is 5. The smallest absolute Gasteiger partial charge is 0.249 e. The standard InChI is InChI=1S/C24H28N4O4S/c1-18(2)16-22(29)26-23(19-8-4-3-5-9-19)24(30)27-12-14-28(15-13-27)33(31,32)21-11-7-6-10-20(21)17-25/h3-11,18,23H,12-16H2,1-2H3,(H,26,29). The molecule has 0 aliphatic carbocycles. The summed E-state index contributed by atoms with van der Waals surface area (Å²) in [5.74, 6) is -0.323. The van der Waals surface area contributed by atoms with Gasteiger partial charge in [0, 0.05) is 32.6 Å². The summed E-state index contributed by atoms with van der Waals surface area (Å²) >= 11 is 0. The van der Waals surface area contributed by atoms with Crippen LogP contribution in [0.1, 0.15) is 37.4 Å². The first-order chi connectivity index (χ1) is 15.7. The summed E-state index contributed by atoms with van der Waals surface area (Å²) in [7, 11) is -3.86. The lowest BCUT2D eigenvalue weighted by Crippen LogP contribution is -2.53. The number of sulfonamides is 1. The second kappa shape index (κ2) is 10.6. The Morgan fingerprint density at radius 3 is 2.21 bits per heavy atom. The summed E-state index contributed by atoms with van der Waals surface area (Å²) in [5, 5.41) is 12.1. The van der Waals surface area contributed by atoms with E-state index in [0.29, 0.717) is 12.0 Å². The van der Waals surface area contributed by atoms with Gasteiger partial charge in [-0.1, -0.05) is 56.3 Å². The topological polar surface area (TPSA) is 111 Å². The monoisotopic (exact) mass is 468 g/mol. The predicted octanol–water partition coefficient (Wildman–Crippen LogP) is 2.29. The number of benzene rings is 2. The molecule has 0 aromatic heterocycles. The first kappa shape index (κ1) is 24.4. The van der Waals surface area contributed by atoms with Crippen molar-refractivity contribution in [3.8, 4) is 6.07 Å². The molecule has 1 unspecified atom stereocenters. The number of carbonyl (C=O) groups is 2. The summed E-state index contributed by atoms with van der Waals surface area (Å²) in [6.07, 6.45) is 0.306. The highest BCUT2D eigenvalue weighted by molar-refractivity contribution is 7.89. The Bertz CT molecular complexity index is 1130. The van der Waals surface area contributed by atoms with Gasteiger partial charge in [0.15, 0.2) is 0 Å². The molecule has 0 saturated carbocycles. The molecule has 1 aliphatic heterocycles. The minimum absolute atomic E-state index is 0.0320. The molecule has 9 heteroatoms. The molecule has 0 spiro atoms. The third-order valence-electron chi connectivity index (χ3n) is 5.45. The van der Waals surface area contributed by atoms with Gasteiger partial charge in [0.05, 0.1) is 10.5 Å². The first-order valence-electron chi connectivity index (χ1n) is 10.9. The van der Waals surface area contributed by atoms with E-state index in [-0.39, 0.29) is 54.4 Å². The highest BCUT2D eigenvalue weighted by Crippen LogP contribution is 2.23. The third-order valence-corrected chi connectivity index (χ3v) is 7.41. The van der Waals surface area contributed by atoms with Crippen LogP contribution in [0.25, 0.3) is 0 Å². The maximum atomic E-state index is 13.3. The molecule has 1 N–H and O–H groups in total. The molecular formula is C24H28N4O4S. The van der Waals surface area contributed by atoms with Gasteiger partial charge in [-0.2, -0.15) is 9.57 Å². The maximum absolute atomic E-state index is 13.3. The number of amides is 2. The van der Waals surface area contributed by atoms with Crippen LogP contribution in [0.5, 0.6) is 0 Å². The molecule has 1 fully saturated rings. The zero-order chi connectivity index (χ0) is 24.0. The Balaban J connectivity index is 1.74. The van der Waals surface area contributed by atoms with E-state index in [1.165, 1.54) is 16.4 Å². The number of piperazine rings is 1. The summed E-state index contributed by atoms with van der Waals surface area (Å²) in [6, 6.07) is 16.2. The van der Waals surface area contributed by atoms with Crippen LogP contribution in [-0.2, 0) is 19.6 Å². The molecule has 2 aromatic carbocycles. The second-order valence-corrected chi connectivity index (χ2v) is 10.3. The van der Waals surface area contributed by atoms with Crippen LogP contribution < -0.4 is 5.32 Å². The molecule has 8 nitrogen and oxygen atoms in total. The Morgan fingerprint density at radius 2 is 1.61 bits per heavy atom. The van der Waals surface area contributed by atoms with Crippen molar-refractivity contribution in [1.29, 1.82) is 5.26 Å². The van der Waals surface area contributed by atoms with Crippen molar-refractivity contribution < 1.29 is 18.0 Å². The summed E-state index contributed by atoms with van der Waals surface area (Å²) < 4.78 is 27.4. The normalized spacial score (nSPS) is 15.6. The molecule has 2 amide bonds. The molecule has 1 aliphatic rings. The fraction of sp³-hybridized carbons (Fsp3) is 0.375. The molecule has 0 bridgehead atoms. The Labute approximate surface area is 194 Å². The average molecular weight is 469 g/mol. The van der Waals surface area contributed by atoms with Crippen LogP contribution in [-0.4, -0.2) is 55.6 Å². The molecular weight excluding hydrogens is 440 g/mol. The molecule has 3 rings (SSSR count). The van der Waals surface area contributed by atoms with Gasteiger partial charge in [0.1, 0.15) is 12.1 Å². The van der Waals surface area contributed by atoms with E-state index in [1.54, 1.807) is 41.3 Å². The number of nitrogens with one attached hydrogen (secondary N) is 1. The number of nitriles is 1. The molecule has 1 atom stereocenters. The first-order valence-corrected chi connectivity index (χ1v) is 12.3. The summed E-state index contributed by atoms with van der Waals surface area (Å²) in [5.41, 5.74) is 0.769. The second-order valence-electron chi connectivity index (χ2n) is 8.35. The van der Waals surface area contributed by atoms with Gasteiger partial charge >= 0.3 is 0 Å². The molecule has 2 aromatic rings. The molecule has 0 radical (unpaired) electrons. The minimum Gasteiger partial charge on any atom is -0.341 e. The zero-order valence-electron chi connectivity index (χ0n) is 18.8. The van der Waals surface area contributed by atoms with Crippen molar-refractivity contribution in [2.24, 2.45) is 5.92 Å².